The fourth-order valence-electron chi connectivity index (χ4n) is 5.70. The van der Waals surface area contributed by atoms with E-state index in [1.165, 1.54) is 5.56 Å². The lowest BCUT2D eigenvalue weighted by Gasteiger charge is -2.31. The minimum atomic E-state index is -0.795. The summed E-state index contributed by atoms with van der Waals surface area (Å²) in [5, 5.41) is 11.6. The van der Waals surface area contributed by atoms with E-state index in [2.05, 4.69) is 41.1 Å². The molecule has 1 aromatic heterocycles. The summed E-state index contributed by atoms with van der Waals surface area (Å²) in [4.78, 5) is 7.05. The lowest BCUT2D eigenvalue weighted by atomic mass is 9.83. The number of benzene rings is 1. The monoisotopic (exact) mass is 408 g/mol. The predicted molar refractivity (Wildman–Crippen MR) is 115 cm³/mol. The number of ether oxygens (including phenoxy) is 2. The summed E-state index contributed by atoms with van der Waals surface area (Å²) in [5.41, 5.74) is 2.44. The number of pyridine rings is 1. The topological polar surface area (TPSA) is 54.8 Å². The number of likely N-dealkylation sites (tertiary alicyclic amines) is 1. The molecule has 1 aliphatic carbocycles. The highest BCUT2D eigenvalue weighted by atomic mass is 16.5. The molecule has 5 rings (SSSR count). The van der Waals surface area contributed by atoms with Crippen molar-refractivity contribution in [3.05, 3.63) is 59.4 Å². The summed E-state index contributed by atoms with van der Waals surface area (Å²) in [7, 11) is 0. The third kappa shape index (κ3) is 3.86. The summed E-state index contributed by atoms with van der Waals surface area (Å²) in [5.74, 6) is 1.71. The van der Waals surface area contributed by atoms with Gasteiger partial charge in [-0.2, -0.15) is 0 Å². The van der Waals surface area contributed by atoms with Crippen LogP contribution in [0.5, 0.6) is 5.75 Å². The normalized spacial score (nSPS) is 31.2. The first kappa shape index (κ1) is 20.0. The van der Waals surface area contributed by atoms with Crippen LogP contribution in [0.2, 0.25) is 0 Å². The molecular formula is C25H32N2O3. The molecule has 3 fully saturated rings. The van der Waals surface area contributed by atoms with Gasteiger partial charge < -0.3 is 14.6 Å². The maximum absolute atomic E-state index is 11.6. The zero-order valence-corrected chi connectivity index (χ0v) is 17.8. The Morgan fingerprint density at radius 3 is 3.00 bits per heavy atom. The van der Waals surface area contributed by atoms with Gasteiger partial charge in [0.2, 0.25) is 0 Å². The highest BCUT2D eigenvalue weighted by Gasteiger charge is 2.53. The molecular weight excluding hydrogens is 376 g/mol. The van der Waals surface area contributed by atoms with Crippen LogP contribution in [0.4, 0.5) is 0 Å². The van der Waals surface area contributed by atoms with E-state index in [1.807, 2.05) is 18.3 Å². The second kappa shape index (κ2) is 8.29. The second-order valence-corrected chi connectivity index (χ2v) is 9.29. The summed E-state index contributed by atoms with van der Waals surface area (Å²) in [6, 6.07) is 12.4. The van der Waals surface area contributed by atoms with Crippen molar-refractivity contribution in [2.24, 2.45) is 11.8 Å². The van der Waals surface area contributed by atoms with Gasteiger partial charge in [-0.15, -0.1) is 0 Å². The number of aliphatic hydroxyl groups is 1. The molecule has 0 spiro atoms. The van der Waals surface area contributed by atoms with Crippen molar-refractivity contribution in [1.29, 1.82) is 0 Å². The SMILES string of the molecule is Cc1cccnc1[C@@]1(O)CC[C@@H]2CN(Cc3cccc(OC[C@H]4CCCO4)c3)C[C@@H]21. The number of rotatable bonds is 6. The number of hydrogen-bond acceptors (Lipinski definition) is 5. The number of aromatic nitrogens is 1. The molecule has 0 amide bonds. The van der Waals surface area contributed by atoms with E-state index in [1.54, 1.807) is 0 Å². The Morgan fingerprint density at radius 2 is 2.17 bits per heavy atom. The highest BCUT2D eigenvalue weighted by molar-refractivity contribution is 5.30. The third-order valence-corrected chi connectivity index (χ3v) is 7.21. The summed E-state index contributed by atoms with van der Waals surface area (Å²) >= 11 is 0. The number of fused-ring (bicyclic) bond motifs is 1. The van der Waals surface area contributed by atoms with E-state index < -0.39 is 5.60 Å². The van der Waals surface area contributed by atoms with E-state index in [0.717, 1.165) is 68.9 Å². The van der Waals surface area contributed by atoms with Gasteiger partial charge in [0.05, 0.1) is 11.8 Å². The Balaban J connectivity index is 1.23. The molecule has 5 nitrogen and oxygen atoms in total. The molecule has 1 N–H and O–H groups in total. The Morgan fingerprint density at radius 1 is 1.23 bits per heavy atom. The van der Waals surface area contributed by atoms with Crippen molar-refractivity contribution in [3.63, 3.8) is 0 Å². The first-order valence-electron chi connectivity index (χ1n) is 11.3. The van der Waals surface area contributed by atoms with Crippen LogP contribution in [0.3, 0.4) is 0 Å². The quantitative estimate of drug-likeness (QED) is 0.790. The molecule has 0 unspecified atom stereocenters. The molecule has 2 aromatic rings. The molecule has 1 saturated carbocycles. The van der Waals surface area contributed by atoms with Crippen molar-refractivity contribution < 1.29 is 14.6 Å². The van der Waals surface area contributed by atoms with E-state index in [0.29, 0.717) is 12.5 Å². The minimum absolute atomic E-state index is 0.236. The van der Waals surface area contributed by atoms with Crippen molar-refractivity contribution in [2.75, 3.05) is 26.3 Å². The highest BCUT2D eigenvalue weighted by Crippen LogP contribution is 2.50. The third-order valence-electron chi connectivity index (χ3n) is 7.21. The Kier molecular flexibility index (Phi) is 5.52. The molecule has 5 heteroatoms. The Labute approximate surface area is 179 Å². The molecule has 0 radical (unpaired) electrons. The first-order chi connectivity index (χ1) is 14.6. The van der Waals surface area contributed by atoms with Crippen LogP contribution in [0.25, 0.3) is 0 Å². The van der Waals surface area contributed by atoms with E-state index in [-0.39, 0.29) is 12.0 Å². The van der Waals surface area contributed by atoms with Crippen LogP contribution in [0, 0.1) is 18.8 Å². The summed E-state index contributed by atoms with van der Waals surface area (Å²) in [6.45, 7) is 6.39. The van der Waals surface area contributed by atoms with Gasteiger partial charge in [-0.1, -0.05) is 18.2 Å². The molecule has 1 aromatic carbocycles. The van der Waals surface area contributed by atoms with Gasteiger partial charge >= 0.3 is 0 Å². The van der Waals surface area contributed by atoms with Gasteiger partial charge in [-0.25, -0.2) is 0 Å². The van der Waals surface area contributed by atoms with Gasteiger partial charge in [0.1, 0.15) is 18.0 Å². The lowest BCUT2D eigenvalue weighted by Crippen LogP contribution is -2.36. The molecule has 30 heavy (non-hydrogen) atoms. The molecule has 3 aliphatic rings. The fourth-order valence-corrected chi connectivity index (χ4v) is 5.70. The average molecular weight is 409 g/mol. The first-order valence-corrected chi connectivity index (χ1v) is 11.3. The Hall–Kier alpha value is -1.95. The van der Waals surface area contributed by atoms with Crippen LogP contribution in [-0.2, 0) is 16.9 Å². The molecule has 2 saturated heterocycles. The largest absolute Gasteiger partial charge is 0.491 e. The van der Waals surface area contributed by atoms with E-state index in [9.17, 15) is 5.11 Å². The molecule has 0 bridgehead atoms. The second-order valence-electron chi connectivity index (χ2n) is 9.29. The molecule has 2 aliphatic heterocycles. The standard InChI is InChI=1S/C25H32N2O3/c1-18-5-3-11-26-24(18)25(28)10-9-20-15-27(16-23(20)25)14-19-6-2-7-21(13-19)30-17-22-8-4-12-29-22/h2-3,5-7,11,13,20,22-23,28H,4,8-10,12,14-17H2,1H3/t20-,22-,23+,25-/m1/s1. The maximum Gasteiger partial charge on any atom is 0.119 e. The van der Waals surface area contributed by atoms with Crippen molar-refractivity contribution in [3.8, 4) is 5.75 Å². The van der Waals surface area contributed by atoms with Gasteiger partial charge in [-0.3, -0.25) is 9.88 Å². The predicted octanol–water partition coefficient (Wildman–Crippen LogP) is 3.68. The number of nitrogens with zero attached hydrogens (tertiary/aromatic N) is 2. The zero-order chi connectivity index (χ0) is 20.6. The van der Waals surface area contributed by atoms with Gasteiger partial charge in [0.25, 0.3) is 0 Å². The summed E-state index contributed by atoms with van der Waals surface area (Å²) in [6.07, 6.45) is 6.16. The lowest BCUT2D eigenvalue weighted by molar-refractivity contribution is -0.0114. The fraction of sp³-hybridized carbons (Fsp3) is 0.560. The summed E-state index contributed by atoms with van der Waals surface area (Å²) < 4.78 is 11.6. The van der Waals surface area contributed by atoms with Crippen LogP contribution in [-0.4, -0.2) is 47.4 Å². The van der Waals surface area contributed by atoms with Gasteiger partial charge in [0, 0.05) is 38.4 Å². The number of hydrogen-bond donors (Lipinski definition) is 1. The maximum atomic E-state index is 11.6. The smallest absolute Gasteiger partial charge is 0.119 e. The molecule has 160 valence electrons. The van der Waals surface area contributed by atoms with E-state index >= 15 is 0 Å². The van der Waals surface area contributed by atoms with Crippen molar-refractivity contribution in [1.82, 2.24) is 9.88 Å². The van der Waals surface area contributed by atoms with Crippen LogP contribution in [0.1, 0.15) is 42.5 Å². The van der Waals surface area contributed by atoms with Gasteiger partial charge in [0.15, 0.2) is 0 Å². The molecule has 3 heterocycles. The van der Waals surface area contributed by atoms with Gasteiger partial charge in [-0.05, 0) is 67.9 Å². The van der Waals surface area contributed by atoms with Crippen molar-refractivity contribution in [2.45, 2.75) is 50.9 Å². The molecule has 4 atom stereocenters. The van der Waals surface area contributed by atoms with E-state index in [4.69, 9.17) is 9.47 Å². The van der Waals surface area contributed by atoms with Crippen LogP contribution in [0.15, 0.2) is 42.6 Å². The van der Waals surface area contributed by atoms with Crippen LogP contribution < -0.4 is 4.74 Å². The number of aryl methyl sites for hydroxylation is 1. The average Bonchev–Trinajstić information content (AvgIpc) is 3.47. The van der Waals surface area contributed by atoms with Crippen molar-refractivity contribution >= 4 is 0 Å². The Bertz CT molecular complexity index is 882. The van der Waals surface area contributed by atoms with Crippen LogP contribution >= 0.6 is 0 Å². The zero-order valence-electron chi connectivity index (χ0n) is 17.8. The minimum Gasteiger partial charge on any atom is -0.491 e.